The molecule has 0 radical (unpaired) electrons. The third-order valence-corrected chi connectivity index (χ3v) is 3.20. The zero-order valence-electron chi connectivity index (χ0n) is 10.9. The maximum absolute atomic E-state index is 12.2. The Kier molecular flexibility index (Phi) is 4.52. The van der Waals surface area contributed by atoms with Crippen molar-refractivity contribution in [2.45, 2.75) is 18.9 Å². The number of hydrogen-bond acceptors (Lipinski definition) is 4. The van der Waals surface area contributed by atoms with Gasteiger partial charge in [0, 0.05) is 25.4 Å². The Bertz CT molecular complexity index is 525. The average Bonchev–Trinajstić information content (AvgIpc) is 2.46. The standard InChI is InChI=1S/C13H16N2O5/c16-11-2-1-9(7-14-11)13(19)15-5-3-10(4-6-15)20-8-12(17)18/h1-2,7,10H,3-6,8H2,(H,14,16)(H,17,18). The van der Waals surface area contributed by atoms with Gasteiger partial charge in [0.15, 0.2) is 0 Å². The van der Waals surface area contributed by atoms with Crippen molar-refractivity contribution in [1.29, 1.82) is 0 Å². The molecular weight excluding hydrogens is 264 g/mol. The van der Waals surface area contributed by atoms with Crippen molar-refractivity contribution < 1.29 is 19.4 Å². The highest BCUT2D eigenvalue weighted by molar-refractivity contribution is 5.93. The van der Waals surface area contributed by atoms with E-state index in [0.717, 1.165) is 0 Å². The van der Waals surface area contributed by atoms with Gasteiger partial charge in [-0.25, -0.2) is 4.79 Å². The number of rotatable bonds is 4. The molecule has 1 fully saturated rings. The Balaban J connectivity index is 1.87. The number of amides is 1. The molecule has 0 atom stereocenters. The van der Waals surface area contributed by atoms with Crippen molar-refractivity contribution in [2.24, 2.45) is 0 Å². The maximum Gasteiger partial charge on any atom is 0.329 e. The molecule has 1 aromatic rings. The minimum Gasteiger partial charge on any atom is -0.480 e. The maximum atomic E-state index is 12.2. The molecule has 0 bridgehead atoms. The molecule has 1 aromatic heterocycles. The number of aromatic nitrogens is 1. The lowest BCUT2D eigenvalue weighted by molar-refractivity contribution is -0.145. The third-order valence-electron chi connectivity index (χ3n) is 3.20. The van der Waals surface area contributed by atoms with Gasteiger partial charge in [0.1, 0.15) is 6.61 Å². The first-order valence-electron chi connectivity index (χ1n) is 6.37. The predicted molar refractivity (Wildman–Crippen MR) is 69.6 cm³/mol. The molecule has 108 valence electrons. The van der Waals surface area contributed by atoms with Gasteiger partial charge in [-0.2, -0.15) is 0 Å². The van der Waals surface area contributed by atoms with Crippen LogP contribution < -0.4 is 5.56 Å². The number of pyridine rings is 1. The topological polar surface area (TPSA) is 99.7 Å². The van der Waals surface area contributed by atoms with Crippen LogP contribution in [-0.4, -0.2) is 52.7 Å². The Morgan fingerprint density at radius 2 is 2.05 bits per heavy atom. The molecule has 1 saturated heterocycles. The molecule has 20 heavy (non-hydrogen) atoms. The highest BCUT2D eigenvalue weighted by Gasteiger charge is 2.24. The monoisotopic (exact) mass is 280 g/mol. The number of ether oxygens (including phenoxy) is 1. The first-order valence-corrected chi connectivity index (χ1v) is 6.37. The number of likely N-dealkylation sites (tertiary alicyclic amines) is 1. The van der Waals surface area contributed by atoms with Gasteiger partial charge < -0.3 is 19.7 Å². The molecule has 0 aliphatic carbocycles. The van der Waals surface area contributed by atoms with E-state index >= 15 is 0 Å². The summed E-state index contributed by atoms with van der Waals surface area (Å²) >= 11 is 0. The van der Waals surface area contributed by atoms with Gasteiger partial charge in [0.25, 0.3) is 5.91 Å². The fourth-order valence-electron chi connectivity index (χ4n) is 2.14. The normalized spacial score (nSPS) is 16.1. The third kappa shape index (κ3) is 3.67. The molecular formula is C13H16N2O5. The fourth-order valence-corrected chi connectivity index (χ4v) is 2.14. The van der Waals surface area contributed by atoms with Gasteiger partial charge in [-0.3, -0.25) is 9.59 Å². The van der Waals surface area contributed by atoms with E-state index in [4.69, 9.17) is 9.84 Å². The van der Waals surface area contributed by atoms with E-state index in [1.54, 1.807) is 4.90 Å². The number of aliphatic carboxylic acids is 1. The van der Waals surface area contributed by atoms with Crippen molar-refractivity contribution >= 4 is 11.9 Å². The largest absolute Gasteiger partial charge is 0.480 e. The summed E-state index contributed by atoms with van der Waals surface area (Å²) in [5.41, 5.74) is 0.192. The van der Waals surface area contributed by atoms with Crippen LogP contribution in [0.4, 0.5) is 0 Å². The van der Waals surface area contributed by atoms with Crippen LogP contribution in [0.3, 0.4) is 0 Å². The number of nitrogens with zero attached hydrogens (tertiary/aromatic N) is 1. The number of piperidine rings is 1. The number of H-pyrrole nitrogens is 1. The fraction of sp³-hybridized carbons (Fsp3) is 0.462. The van der Waals surface area contributed by atoms with Crippen LogP contribution in [0.15, 0.2) is 23.1 Å². The van der Waals surface area contributed by atoms with Crippen molar-refractivity contribution in [1.82, 2.24) is 9.88 Å². The van der Waals surface area contributed by atoms with Crippen LogP contribution in [0.5, 0.6) is 0 Å². The molecule has 1 aliphatic rings. The number of carbonyl (C=O) groups excluding carboxylic acids is 1. The second kappa shape index (κ2) is 6.33. The second-order valence-corrected chi connectivity index (χ2v) is 4.64. The highest BCUT2D eigenvalue weighted by atomic mass is 16.5. The zero-order valence-corrected chi connectivity index (χ0v) is 10.9. The summed E-state index contributed by atoms with van der Waals surface area (Å²) in [6.45, 7) is 0.725. The van der Waals surface area contributed by atoms with Crippen LogP contribution in [0.25, 0.3) is 0 Å². The molecule has 0 unspecified atom stereocenters. The Hall–Kier alpha value is -2.15. The van der Waals surface area contributed by atoms with E-state index in [1.165, 1.54) is 18.3 Å². The van der Waals surface area contributed by atoms with E-state index < -0.39 is 5.97 Å². The van der Waals surface area contributed by atoms with Crippen LogP contribution in [0.2, 0.25) is 0 Å². The number of hydrogen-bond donors (Lipinski definition) is 2. The van der Waals surface area contributed by atoms with Crippen LogP contribution in [0.1, 0.15) is 23.2 Å². The van der Waals surface area contributed by atoms with Gasteiger partial charge >= 0.3 is 5.97 Å². The Morgan fingerprint density at radius 3 is 2.60 bits per heavy atom. The molecule has 0 saturated carbocycles. The average molecular weight is 280 g/mol. The quantitative estimate of drug-likeness (QED) is 0.813. The summed E-state index contributed by atoms with van der Waals surface area (Å²) in [5.74, 6) is -1.13. The van der Waals surface area contributed by atoms with Gasteiger partial charge in [-0.15, -0.1) is 0 Å². The van der Waals surface area contributed by atoms with Gasteiger partial charge in [-0.1, -0.05) is 0 Å². The summed E-state index contributed by atoms with van der Waals surface area (Å²) < 4.78 is 5.21. The van der Waals surface area contributed by atoms with E-state index in [1.807, 2.05) is 0 Å². The molecule has 2 heterocycles. The first-order chi connectivity index (χ1) is 9.56. The number of nitrogens with one attached hydrogen (secondary N) is 1. The van der Waals surface area contributed by atoms with Crippen molar-refractivity contribution in [2.75, 3.05) is 19.7 Å². The van der Waals surface area contributed by atoms with Gasteiger partial charge in [-0.05, 0) is 18.9 Å². The van der Waals surface area contributed by atoms with Crippen molar-refractivity contribution in [3.8, 4) is 0 Å². The minimum atomic E-state index is -0.989. The molecule has 0 aromatic carbocycles. The summed E-state index contributed by atoms with van der Waals surface area (Å²) in [6.07, 6.45) is 2.51. The van der Waals surface area contributed by atoms with Crippen LogP contribution in [0, 0.1) is 0 Å². The summed E-state index contributed by atoms with van der Waals surface area (Å²) in [6, 6.07) is 2.81. The van der Waals surface area contributed by atoms with Crippen molar-refractivity contribution in [3.05, 3.63) is 34.2 Å². The molecule has 1 amide bonds. The Labute approximate surface area is 115 Å². The highest BCUT2D eigenvalue weighted by Crippen LogP contribution is 2.15. The molecule has 0 spiro atoms. The molecule has 1 aliphatic heterocycles. The van der Waals surface area contributed by atoms with Crippen LogP contribution >= 0.6 is 0 Å². The lowest BCUT2D eigenvalue weighted by atomic mass is 10.1. The number of carboxylic acid groups (broad SMARTS) is 1. The van der Waals surface area contributed by atoms with Crippen molar-refractivity contribution in [3.63, 3.8) is 0 Å². The second-order valence-electron chi connectivity index (χ2n) is 4.64. The predicted octanol–water partition coefficient (Wildman–Crippen LogP) is 0.0807. The van der Waals surface area contributed by atoms with E-state index in [9.17, 15) is 14.4 Å². The van der Waals surface area contributed by atoms with E-state index in [2.05, 4.69) is 4.98 Å². The smallest absolute Gasteiger partial charge is 0.329 e. The van der Waals surface area contributed by atoms with Gasteiger partial charge in [0.05, 0.1) is 11.7 Å². The minimum absolute atomic E-state index is 0.120. The van der Waals surface area contributed by atoms with Gasteiger partial charge in [0.2, 0.25) is 5.56 Å². The van der Waals surface area contributed by atoms with E-state index in [-0.39, 0.29) is 24.2 Å². The molecule has 7 nitrogen and oxygen atoms in total. The van der Waals surface area contributed by atoms with Crippen LogP contribution in [-0.2, 0) is 9.53 Å². The summed E-state index contributed by atoms with van der Waals surface area (Å²) in [5, 5.41) is 8.54. The number of carboxylic acids is 1. The van der Waals surface area contributed by atoms with E-state index in [0.29, 0.717) is 31.5 Å². The zero-order chi connectivity index (χ0) is 14.5. The lowest BCUT2D eigenvalue weighted by Gasteiger charge is -2.31. The Morgan fingerprint density at radius 1 is 1.35 bits per heavy atom. The molecule has 2 rings (SSSR count). The first kappa shape index (κ1) is 14.3. The molecule has 2 N–H and O–H groups in total. The number of aromatic amines is 1. The number of carbonyl (C=O) groups is 2. The molecule has 7 heteroatoms. The lowest BCUT2D eigenvalue weighted by Crippen LogP contribution is -2.41. The summed E-state index contributed by atoms with van der Waals surface area (Å²) in [7, 11) is 0. The summed E-state index contributed by atoms with van der Waals surface area (Å²) in [4.78, 5) is 37.7. The SMILES string of the molecule is O=C(O)COC1CCN(C(=O)c2ccc(=O)[nH]c2)CC1.